The van der Waals surface area contributed by atoms with Crippen molar-refractivity contribution in [2.75, 3.05) is 0 Å². The van der Waals surface area contributed by atoms with E-state index in [0.717, 1.165) is 12.0 Å². The maximum Gasteiger partial charge on any atom is 0.330 e. The van der Waals surface area contributed by atoms with E-state index in [9.17, 15) is 4.79 Å². The molecule has 1 rings (SSSR count). The molecule has 2 heteroatoms. The molecule has 1 aliphatic heterocycles. The van der Waals surface area contributed by atoms with Crippen LogP contribution in [0.4, 0.5) is 0 Å². The van der Waals surface area contributed by atoms with Gasteiger partial charge in [0.25, 0.3) is 0 Å². The van der Waals surface area contributed by atoms with Crippen LogP contribution >= 0.6 is 0 Å². The molecule has 0 saturated heterocycles. The van der Waals surface area contributed by atoms with Crippen molar-refractivity contribution < 1.29 is 9.53 Å². The van der Waals surface area contributed by atoms with E-state index < -0.39 is 0 Å². The molecule has 50 valence electrons. The van der Waals surface area contributed by atoms with Crippen LogP contribution in [-0.2, 0) is 9.53 Å². The van der Waals surface area contributed by atoms with Gasteiger partial charge in [-0.15, -0.1) is 0 Å². The predicted molar refractivity (Wildman–Crippen MR) is 33.9 cm³/mol. The topological polar surface area (TPSA) is 26.3 Å². The van der Waals surface area contributed by atoms with Gasteiger partial charge in [-0.25, -0.2) is 4.79 Å². The molecule has 0 bridgehead atoms. The minimum Gasteiger partial charge on any atom is -0.459 e. The molecule has 1 aliphatic rings. The fourth-order valence-corrected chi connectivity index (χ4v) is 0.988. The van der Waals surface area contributed by atoms with E-state index in [2.05, 4.69) is 0 Å². The van der Waals surface area contributed by atoms with E-state index in [-0.39, 0.29) is 12.1 Å². The normalized spacial score (nSPS) is 27.1. The monoisotopic (exact) mass is 126 g/mol. The maximum absolute atomic E-state index is 10.6. The van der Waals surface area contributed by atoms with E-state index in [0.29, 0.717) is 0 Å². The summed E-state index contributed by atoms with van der Waals surface area (Å²) in [4.78, 5) is 10.6. The number of ether oxygens (including phenoxy) is 1. The van der Waals surface area contributed by atoms with Gasteiger partial charge in [-0.3, -0.25) is 0 Å². The highest BCUT2D eigenvalue weighted by Gasteiger charge is 2.13. The van der Waals surface area contributed by atoms with Gasteiger partial charge >= 0.3 is 5.97 Å². The van der Waals surface area contributed by atoms with Crippen LogP contribution in [0, 0.1) is 0 Å². The first-order valence-corrected chi connectivity index (χ1v) is 3.06. The molecule has 1 atom stereocenters. The van der Waals surface area contributed by atoms with Crippen LogP contribution in [0.15, 0.2) is 11.6 Å². The Morgan fingerprint density at radius 2 is 2.44 bits per heavy atom. The molecule has 0 N–H and O–H groups in total. The Morgan fingerprint density at radius 1 is 1.78 bits per heavy atom. The lowest BCUT2D eigenvalue weighted by atomic mass is 10.1. The number of hydrogen-bond donors (Lipinski definition) is 0. The summed E-state index contributed by atoms with van der Waals surface area (Å²) in [5.41, 5.74) is 1.11. The number of carbonyl (C=O) groups is 1. The van der Waals surface area contributed by atoms with Crippen molar-refractivity contribution in [2.24, 2.45) is 0 Å². The standard InChI is InChI=1S/C7H10O2/c1-5-3-6(2)9-7(8)4-5/h4,6H,3H2,1-2H3. The van der Waals surface area contributed by atoms with Crippen molar-refractivity contribution in [1.82, 2.24) is 0 Å². The van der Waals surface area contributed by atoms with Crippen LogP contribution in [-0.4, -0.2) is 12.1 Å². The lowest BCUT2D eigenvalue weighted by Crippen LogP contribution is -2.18. The fraction of sp³-hybridized carbons (Fsp3) is 0.571. The molecule has 0 aromatic heterocycles. The molecule has 0 aliphatic carbocycles. The van der Waals surface area contributed by atoms with Crippen LogP contribution < -0.4 is 0 Å². The predicted octanol–water partition coefficient (Wildman–Crippen LogP) is 1.27. The zero-order valence-corrected chi connectivity index (χ0v) is 5.68. The Morgan fingerprint density at radius 3 is 2.89 bits per heavy atom. The lowest BCUT2D eigenvalue weighted by molar-refractivity contribution is -0.143. The largest absolute Gasteiger partial charge is 0.459 e. The van der Waals surface area contributed by atoms with Crippen molar-refractivity contribution in [3.63, 3.8) is 0 Å². The third-order valence-corrected chi connectivity index (χ3v) is 1.29. The second-order valence-corrected chi connectivity index (χ2v) is 2.44. The molecule has 1 heterocycles. The molecule has 2 nitrogen and oxygen atoms in total. The van der Waals surface area contributed by atoms with E-state index in [1.54, 1.807) is 6.08 Å². The summed E-state index contributed by atoms with van der Waals surface area (Å²) in [5, 5.41) is 0. The first-order chi connectivity index (χ1) is 4.18. The first kappa shape index (κ1) is 6.33. The van der Waals surface area contributed by atoms with E-state index in [1.807, 2.05) is 13.8 Å². The molecule has 1 unspecified atom stereocenters. The Bertz CT molecular complexity index is 158. The molecule has 0 spiro atoms. The van der Waals surface area contributed by atoms with Gasteiger partial charge in [-0.05, 0) is 13.8 Å². The van der Waals surface area contributed by atoms with Gasteiger partial charge < -0.3 is 4.74 Å². The second kappa shape index (κ2) is 2.21. The number of esters is 1. The Hall–Kier alpha value is -0.790. The fourth-order valence-electron chi connectivity index (χ4n) is 0.988. The lowest BCUT2D eigenvalue weighted by Gasteiger charge is -2.16. The number of carbonyl (C=O) groups excluding carboxylic acids is 1. The van der Waals surface area contributed by atoms with Gasteiger partial charge in [0.2, 0.25) is 0 Å². The van der Waals surface area contributed by atoms with Crippen LogP contribution in [0.3, 0.4) is 0 Å². The van der Waals surface area contributed by atoms with Crippen LogP contribution in [0.25, 0.3) is 0 Å². The van der Waals surface area contributed by atoms with Crippen molar-refractivity contribution in [1.29, 1.82) is 0 Å². The molecule has 0 saturated carbocycles. The Balaban J connectivity index is 2.67. The third-order valence-electron chi connectivity index (χ3n) is 1.29. The summed E-state index contributed by atoms with van der Waals surface area (Å²) < 4.78 is 4.84. The van der Waals surface area contributed by atoms with Crippen LogP contribution in [0.5, 0.6) is 0 Å². The smallest absolute Gasteiger partial charge is 0.330 e. The van der Waals surface area contributed by atoms with Gasteiger partial charge in [-0.2, -0.15) is 0 Å². The van der Waals surface area contributed by atoms with E-state index in [4.69, 9.17) is 4.74 Å². The molecule has 0 fully saturated rings. The minimum absolute atomic E-state index is 0.0718. The zero-order valence-electron chi connectivity index (χ0n) is 5.68. The van der Waals surface area contributed by atoms with Gasteiger partial charge in [0.1, 0.15) is 6.10 Å². The molecule has 0 amide bonds. The molecule has 0 radical (unpaired) electrons. The zero-order chi connectivity index (χ0) is 6.85. The molecule has 9 heavy (non-hydrogen) atoms. The molecule has 0 aromatic carbocycles. The van der Waals surface area contributed by atoms with Crippen molar-refractivity contribution in [3.05, 3.63) is 11.6 Å². The minimum atomic E-state index is -0.203. The quantitative estimate of drug-likeness (QED) is 0.457. The average Bonchev–Trinajstić information content (AvgIpc) is 1.59. The van der Waals surface area contributed by atoms with Crippen LogP contribution in [0.1, 0.15) is 20.3 Å². The van der Waals surface area contributed by atoms with E-state index in [1.165, 1.54) is 0 Å². The summed E-state index contributed by atoms with van der Waals surface area (Å²) in [6.07, 6.45) is 2.49. The number of hydrogen-bond acceptors (Lipinski definition) is 2. The van der Waals surface area contributed by atoms with Gasteiger partial charge in [0, 0.05) is 12.5 Å². The van der Waals surface area contributed by atoms with Crippen LogP contribution in [0.2, 0.25) is 0 Å². The first-order valence-electron chi connectivity index (χ1n) is 3.06. The van der Waals surface area contributed by atoms with Crippen molar-refractivity contribution in [3.8, 4) is 0 Å². The molecular formula is C7H10O2. The van der Waals surface area contributed by atoms with E-state index >= 15 is 0 Å². The number of rotatable bonds is 0. The van der Waals surface area contributed by atoms with Gasteiger partial charge in [0.15, 0.2) is 0 Å². The summed E-state index contributed by atoms with van der Waals surface area (Å²) in [6, 6.07) is 0. The molecule has 0 aromatic rings. The van der Waals surface area contributed by atoms with Gasteiger partial charge in [-0.1, -0.05) is 5.57 Å². The molecular weight excluding hydrogens is 116 g/mol. The Labute approximate surface area is 54.5 Å². The summed E-state index contributed by atoms with van der Waals surface area (Å²) in [7, 11) is 0. The SMILES string of the molecule is CC1=CC(=O)OC(C)C1. The van der Waals surface area contributed by atoms with Gasteiger partial charge in [0.05, 0.1) is 0 Å². The maximum atomic E-state index is 10.6. The van der Waals surface area contributed by atoms with Crippen molar-refractivity contribution in [2.45, 2.75) is 26.4 Å². The number of cyclic esters (lactones) is 1. The highest BCUT2D eigenvalue weighted by molar-refractivity contribution is 5.83. The highest BCUT2D eigenvalue weighted by Crippen LogP contribution is 2.13. The third kappa shape index (κ3) is 1.56. The average molecular weight is 126 g/mol. The van der Waals surface area contributed by atoms with Crippen molar-refractivity contribution >= 4 is 5.97 Å². The Kier molecular flexibility index (Phi) is 1.56. The summed E-state index contributed by atoms with van der Waals surface area (Å²) >= 11 is 0. The highest BCUT2D eigenvalue weighted by atomic mass is 16.5. The summed E-state index contributed by atoms with van der Waals surface area (Å²) in [5.74, 6) is -0.203. The second-order valence-electron chi connectivity index (χ2n) is 2.44. The summed E-state index contributed by atoms with van der Waals surface area (Å²) in [6.45, 7) is 3.84.